The van der Waals surface area contributed by atoms with Gasteiger partial charge < -0.3 is 15.4 Å². The van der Waals surface area contributed by atoms with Crippen molar-refractivity contribution >= 4 is 17.5 Å². The number of amides is 1. The molecule has 1 aromatic carbocycles. The lowest BCUT2D eigenvalue weighted by atomic mass is 9.99. The Hall–Kier alpha value is -2.47. The van der Waals surface area contributed by atoms with Gasteiger partial charge in [0.1, 0.15) is 5.82 Å². The number of nitrogens with one attached hydrogen (secondary N) is 2. The maximum Gasteiger partial charge on any atom is 0.228 e. The maximum atomic E-state index is 12.1. The molecule has 6 nitrogen and oxygen atoms in total. The average Bonchev–Trinajstić information content (AvgIpc) is 2.65. The first-order valence-corrected chi connectivity index (χ1v) is 8.31. The van der Waals surface area contributed by atoms with Gasteiger partial charge in [-0.1, -0.05) is 30.3 Å². The SMILES string of the molecule is O=C(Nc1ccc(NCCc2ccccc2)nn1)C1CCOCC1. The number of carbonyl (C=O) groups excluding carboxylic acids is 1. The Kier molecular flexibility index (Phi) is 5.74. The van der Waals surface area contributed by atoms with Crippen LogP contribution in [-0.2, 0) is 16.0 Å². The summed E-state index contributed by atoms with van der Waals surface area (Å²) in [5.74, 6) is 1.19. The molecule has 2 aromatic rings. The van der Waals surface area contributed by atoms with Crippen LogP contribution >= 0.6 is 0 Å². The Bertz CT molecular complexity index is 640. The largest absolute Gasteiger partial charge is 0.381 e. The van der Waals surface area contributed by atoms with Gasteiger partial charge in [0.2, 0.25) is 5.91 Å². The van der Waals surface area contributed by atoms with E-state index in [2.05, 4.69) is 33.0 Å². The van der Waals surface area contributed by atoms with Crippen molar-refractivity contribution in [3.63, 3.8) is 0 Å². The van der Waals surface area contributed by atoms with E-state index in [4.69, 9.17) is 4.74 Å². The van der Waals surface area contributed by atoms with E-state index >= 15 is 0 Å². The number of anilines is 2. The fraction of sp³-hybridized carbons (Fsp3) is 0.389. The number of ether oxygens (including phenoxy) is 1. The third-order valence-electron chi connectivity index (χ3n) is 4.07. The zero-order valence-corrected chi connectivity index (χ0v) is 13.6. The van der Waals surface area contributed by atoms with Crippen molar-refractivity contribution < 1.29 is 9.53 Å². The maximum absolute atomic E-state index is 12.1. The number of aromatic nitrogens is 2. The Morgan fingerprint density at radius 1 is 1.04 bits per heavy atom. The van der Waals surface area contributed by atoms with Gasteiger partial charge in [0.15, 0.2) is 5.82 Å². The predicted molar refractivity (Wildman–Crippen MR) is 92.8 cm³/mol. The minimum absolute atomic E-state index is 0.00242. The van der Waals surface area contributed by atoms with Crippen molar-refractivity contribution in [1.29, 1.82) is 0 Å². The molecule has 1 saturated heterocycles. The van der Waals surface area contributed by atoms with Gasteiger partial charge in [-0.3, -0.25) is 4.79 Å². The van der Waals surface area contributed by atoms with Crippen LogP contribution in [-0.4, -0.2) is 35.9 Å². The normalized spacial score (nSPS) is 15.0. The Morgan fingerprint density at radius 2 is 1.75 bits per heavy atom. The molecule has 24 heavy (non-hydrogen) atoms. The summed E-state index contributed by atoms with van der Waals surface area (Å²) >= 11 is 0. The molecular formula is C18H22N4O2. The highest BCUT2D eigenvalue weighted by Gasteiger charge is 2.21. The Morgan fingerprint density at radius 3 is 2.46 bits per heavy atom. The molecule has 0 aliphatic carbocycles. The van der Waals surface area contributed by atoms with Crippen LogP contribution in [0.1, 0.15) is 18.4 Å². The molecule has 0 unspecified atom stereocenters. The summed E-state index contributed by atoms with van der Waals surface area (Å²) in [4.78, 5) is 12.1. The molecule has 0 bridgehead atoms. The van der Waals surface area contributed by atoms with Gasteiger partial charge >= 0.3 is 0 Å². The van der Waals surface area contributed by atoms with Gasteiger partial charge in [-0.05, 0) is 37.0 Å². The van der Waals surface area contributed by atoms with Crippen LogP contribution in [0.3, 0.4) is 0 Å². The number of nitrogens with zero attached hydrogens (tertiary/aromatic N) is 2. The summed E-state index contributed by atoms with van der Waals surface area (Å²) in [5.41, 5.74) is 1.28. The lowest BCUT2D eigenvalue weighted by Crippen LogP contribution is -2.28. The first kappa shape index (κ1) is 16.4. The summed E-state index contributed by atoms with van der Waals surface area (Å²) in [6.07, 6.45) is 2.45. The third kappa shape index (κ3) is 4.76. The number of carbonyl (C=O) groups is 1. The fourth-order valence-electron chi connectivity index (χ4n) is 2.66. The summed E-state index contributed by atoms with van der Waals surface area (Å²) in [5, 5.41) is 14.2. The van der Waals surface area contributed by atoms with Gasteiger partial charge in [0.05, 0.1) is 0 Å². The van der Waals surface area contributed by atoms with Crippen LogP contribution in [0.5, 0.6) is 0 Å². The first-order chi connectivity index (χ1) is 11.8. The zero-order chi connectivity index (χ0) is 16.6. The molecule has 2 N–H and O–H groups in total. The molecule has 2 heterocycles. The monoisotopic (exact) mass is 326 g/mol. The lowest BCUT2D eigenvalue weighted by molar-refractivity contribution is -0.122. The minimum atomic E-state index is -0.00242. The molecule has 0 saturated carbocycles. The molecule has 1 fully saturated rings. The van der Waals surface area contributed by atoms with Crippen LogP contribution in [0.4, 0.5) is 11.6 Å². The van der Waals surface area contributed by atoms with Crippen molar-refractivity contribution in [3.8, 4) is 0 Å². The Balaban J connectivity index is 1.45. The first-order valence-electron chi connectivity index (χ1n) is 8.31. The summed E-state index contributed by atoms with van der Waals surface area (Å²) in [6, 6.07) is 13.9. The van der Waals surface area contributed by atoms with E-state index in [1.165, 1.54) is 5.56 Å². The average molecular weight is 326 g/mol. The van der Waals surface area contributed by atoms with Crippen molar-refractivity contribution in [1.82, 2.24) is 10.2 Å². The van der Waals surface area contributed by atoms with Crippen molar-refractivity contribution in [2.75, 3.05) is 30.4 Å². The molecule has 1 aliphatic heterocycles. The van der Waals surface area contributed by atoms with E-state index in [9.17, 15) is 4.79 Å². The molecule has 3 rings (SSSR count). The summed E-state index contributed by atoms with van der Waals surface area (Å²) in [6.45, 7) is 2.08. The van der Waals surface area contributed by atoms with Gasteiger partial charge in [0.25, 0.3) is 0 Å². The molecule has 6 heteroatoms. The van der Waals surface area contributed by atoms with Crippen LogP contribution in [0.2, 0.25) is 0 Å². The van der Waals surface area contributed by atoms with E-state index in [-0.39, 0.29) is 11.8 Å². The molecule has 0 spiro atoms. The van der Waals surface area contributed by atoms with Crippen LogP contribution < -0.4 is 10.6 Å². The van der Waals surface area contributed by atoms with Crippen LogP contribution in [0.25, 0.3) is 0 Å². The van der Waals surface area contributed by atoms with Crippen molar-refractivity contribution in [2.45, 2.75) is 19.3 Å². The highest BCUT2D eigenvalue weighted by molar-refractivity contribution is 5.91. The molecule has 1 amide bonds. The summed E-state index contributed by atoms with van der Waals surface area (Å²) < 4.78 is 5.27. The molecule has 0 radical (unpaired) electrons. The number of hydrogen-bond donors (Lipinski definition) is 2. The fourth-order valence-corrected chi connectivity index (χ4v) is 2.66. The summed E-state index contributed by atoms with van der Waals surface area (Å²) in [7, 11) is 0. The van der Waals surface area contributed by atoms with E-state index in [0.717, 1.165) is 25.8 Å². The number of hydrogen-bond acceptors (Lipinski definition) is 5. The van der Waals surface area contributed by atoms with Gasteiger partial charge in [-0.15, -0.1) is 10.2 Å². The molecule has 0 atom stereocenters. The van der Waals surface area contributed by atoms with Crippen molar-refractivity contribution in [2.24, 2.45) is 5.92 Å². The van der Waals surface area contributed by atoms with E-state index in [0.29, 0.717) is 24.8 Å². The highest BCUT2D eigenvalue weighted by Crippen LogP contribution is 2.17. The van der Waals surface area contributed by atoms with Crippen LogP contribution in [0, 0.1) is 5.92 Å². The van der Waals surface area contributed by atoms with Gasteiger partial charge in [0, 0.05) is 25.7 Å². The smallest absolute Gasteiger partial charge is 0.228 e. The minimum Gasteiger partial charge on any atom is -0.381 e. The molecule has 1 aromatic heterocycles. The molecular weight excluding hydrogens is 304 g/mol. The van der Waals surface area contributed by atoms with E-state index < -0.39 is 0 Å². The topological polar surface area (TPSA) is 76.1 Å². The quantitative estimate of drug-likeness (QED) is 0.853. The molecule has 1 aliphatic rings. The zero-order valence-electron chi connectivity index (χ0n) is 13.6. The molecule has 126 valence electrons. The predicted octanol–water partition coefficient (Wildman–Crippen LogP) is 2.50. The number of rotatable bonds is 6. The highest BCUT2D eigenvalue weighted by atomic mass is 16.5. The lowest BCUT2D eigenvalue weighted by Gasteiger charge is -2.20. The second kappa shape index (κ2) is 8.40. The Labute approximate surface area is 141 Å². The van der Waals surface area contributed by atoms with Crippen LogP contribution in [0.15, 0.2) is 42.5 Å². The second-order valence-electron chi connectivity index (χ2n) is 5.84. The standard InChI is InChI=1S/C18H22N4O2/c23-18(15-9-12-24-13-10-15)20-17-7-6-16(21-22-17)19-11-8-14-4-2-1-3-5-14/h1-7,15H,8-13H2,(H,19,21)(H,20,22,23). The van der Waals surface area contributed by atoms with Crippen molar-refractivity contribution in [3.05, 3.63) is 48.0 Å². The van der Waals surface area contributed by atoms with E-state index in [1.807, 2.05) is 24.3 Å². The van der Waals surface area contributed by atoms with Gasteiger partial charge in [-0.25, -0.2) is 0 Å². The number of benzene rings is 1. The third-order valence-corrected chi connectivity index (χ3v) is 4.07. The second-order valence-corrected chi connectivity index (χ2v) is 5.84. The van der Waals surface area contributed by atoms with Gasteiger partial charge in [-0.2, -0.15) is 0 Å². The van der Waals surface area contributed by atoms with E-state index in [1.54, 1.807) is 6.07 Å².